The molecule has 0 radical (unpaired) electrons. The van der Waals surface area contributed by atoms with Crippen LogP contribution in [0.5, 0.6) is 0 Å². The minimum atomic E-state index is -0.382. The average Bonchev–Trinajstić information content (AvgIpc) is 3.12. The van der Waals surface area contributed by atoms with Crippen molar-refractivity contribution in [3.05, 3.63) is 71.0 Å². The maximum Gasteiger partial charge on any atom is 0.253 e. The molecule has 2 aromatic rings. The highest BCUT2D eigenvalue weighted by Gasteiger charge is 2.46. The Labute approximate surface area is 195 Å². The number of carbonyl (C=O) groups excluding carboxylic acids is 2. The van der Waals surface area contributed by atoms with E-state index < -0.39 is 0 Å². The number of piperidine rings is 1. The first kappa shape index (κ1) is 22.1. The van der Waals surface area contributed by atoms with Crippen molar-refractivity contribution in [3.8, 4) is 0 Å². The number of hydrogen-bond acceptors (Lipinski definition) is 3. The normalized spacial score (nSPS) is 22.4. The summed E-state index contributed by atoms with van der Waals surface area (Å²) in [6.07, 6.45) is 3.29. The summed E-state index contributed by atoms with van der Waals surface area (Å²) in [5.74, 6) is 0.0156. The first-order valence-corrected chi connectivity index (χ1v) is 12.1. The highest BCUT2D eigenvalue weighted by molar-refractivity contribution is 5.94. The Hall–Kier alpha value is -2.73. The monoisotopic (exact) mass is 449 g/mol. The summed E-state index contributed by atoms with van der Waals surface area (Å²) in [5.41, 5.74) is 3.10. The fourth-order valence-corrected chi connectivity index (χ4v) is 6.02. The molecule has 3 aliphatic rings. The van der Waals surface area contributed by atoms with E-state index in [0.717, 1.165) is 45.4 Å². The van der Waals surface area contributed by atoms with Crippen LogP contribution >= 0.6 is 0 Å². The number of piperazine rings is 1. The van der Waals surface area contributed by atoms with Gasteiger partial charge in [-0.1, -0.05) is 30.3 Å². The Morgan fingerprint density at radius 3 is 2.39 bits per heavy atom. The number of hydrogen-bond donors (Lipinski definition) is 0. The van der Waals surface area contributed by atoms with Gasteiger partial charge in [-0.05, 0) is 67.0 Å². The first-order chi connectivity index (χ1) is 15.9. The largest absolute Gasteiger partial charge is 0.340 e. The van der Waals surface area contributed by atoms with E-state index in [0.29, 0.717) is 25.1 Å². The third kappa shape index (κ3) is 4.29. The second-order valence-corrected chi connectivity index (χ2v) is 9.96. The Morgan fingerprint density at radius 1 is 0.939 bits per heavy atom. The van der Waals surface area contributed by atoms with Crippen molar-refractivity contribution >= 4 is 11.8 Å². The molecule has 0 unspecified atom stereocenters. The predicted molar refractivity (Wildman–Crippen MR) is 126 cm³/mol. The van der Waals surface area contributed by atoms with Crippen molar-refractivity contribution in [2.75, 3.05) is 46.3 Å². The van der Waals surface area contributed by atoms with Gasteiger partial charge in [0.15, 0.2) is 0 Å². The van der Waals surface area contributed by atoms with Crippen LogP contribution in [0.4, 0.5) is 4.39 Å². The van der Waals surface area contributed by atoms with E-state index in [9.17, 15) is 14.0 Å². The fraction of sp³-hybridized carbons (Fsp3) is 0.481. The molecule has 2 amide bonds. The van der Waals surface area contributed by atoms with Crippen LogP contribution in [0.25, 0.3) is 0 Å². The van der Waals surface area contributed by atoms with Crippen LogP contribution in [0, 0.1) is 5.82 Å². The molecule has 1 atom stereocenters. The zero-order valence-electron chi connectivity index (χ0n) is 19.3. The van der Waals surface area contributed by atoms with Crippen molar-refractivity contribution in [2.45, 2.75) is 37.0 Å². The SMILES string of the molecule is CN1CCN(C(=O)C[C@H]2CC3(CCN(C(=O)c4cccc(F)c4)CC3)c3ccccc32)CC1. The number of rotatable bonds is 3. The molecule has 6 heteroatoms. The van der Waals surface area contributed by atoms with E-state index >= 15 is 0 Å². The van der Waals surface area contributed by atoms with E-state index in [1.807, 2.05) is 9.80 Å². The van der Waals surface area contributed by atoms with Crippen LogP contribution in [0.2, 0.25) is 0 Å². The van der Waals surface area contributed by atoms with Gasteiger partial charge in [-0.25, -0.2) is 4.39 Å². The van der Waals surface area contributed by atoms with Gasteiger partial charge in [0, 0.05) is 51.3 Å². The summed E-state index contributed by atoms with van der Waals surface area (Å²) in [4.78, 5) is 32.1. The number of nitrogens with zero attached hydrogens (tertiary/aromatic N) is 3. The summed E-state index contributed by atoms with van der Waals surface area (Å²) in [7, 11) is 2.10. The van der Waals surface area contributed by atoms with Crippen molar-refractivity contribution in [1.82, 2.24) is 14.7 Å². The van der Waals surface area contributed by atoms with Gasteiger partial charge in [-0.15, -0.1) is 0 Å². The topological polar surface area (TPSA) is 43.9 Å². The van der Waals surface area contributed by atoms with E-state index in [1.165, 1.54) is 23.3 Å². The van der Waals surface area contributed by atoms with Gasteiger partial charge in [0.25, 0.3) is 5.91 Å². The molecule has 2 aliphatic heterocycles. The minimum Gasteiger partial charge on any atom is -0.340 e. The molecular formula is C27H32FN3O2. The molecule has 2 aromatic carbocycles. The van der Waals surface area contributed by atoms with E-state index in [1.54, 1.807) is 12.1 Å². The van der Waals surface area contributed by atoms with Gasteiger partial charge in [0.05, 0.1) is 0 Å². The maximum absolute atomic E-state index is 13.6. The van der Waals surface area contributed by atoms with Gasteiger partial charge >= 0.3 is 0 Å². The number of amides is 2. The van der Waals surface area contributed by atoms with Crippen LogP contribution in [0.15, 0.2) is 48.5 Å². The average molecular weight is 450 g/mol. The van der Waals surface area contributed by atoms with Crippen molar-refractivity contribution < 1.29 is 14.0 Å². The van der Waals surface area contributed by atoms with E-state index in [2.05, 4.69) is 36.2 Å². The van der Waals surface area contributed by atoms with E-state index in [-0.39, 0.29) is 29.0 Å². The molecule has 2 heterocycles. The third-order valence-corrected chi connectivity index (χ3v) is 7.97. The number of likely N-dealkylation sites (N-methyl/N-ethyl adjacent to an activating group) is 1. The Balaban J connectivity index is 1.28. The summed E-state index contributed by atoms with van der Waals surface area (Å²) >= 11 is 0. The number of carbonyl (C=O) groups is 2. The highest BCUT2D eigenvalue weighted by atomic mass is 19.1. The molecule has 174 valence electrons. The molecule has 1 spiro atoms. The van der Waals surface area contributed by atoms with Gasteiger partial charge in [0.1, 0.15) is 5.82 Å². The smallest absolute Gasteiger partial charge is 0.253 e. The summed E-state index contributed by atoms with van der Waals surface area (Å²) in [6.45, 7) is 4.81. The second-order valence-electron chi connectivity index (χ2n) is 9.96. The number of halogens is 1. The van der Waals surface area contributed by atoms with Crippen molar-refractivity contribution in [1.29, 1.82) is 0 Å². The molecule has 5 nitrogen and oxygen atoms in total. The maximum atomic E-state index is 13.6. The van der Waals surface area contributed by atoms with E-state index in [4.69, 9.17) is 0 Å². The van der Waals surface area contributed by atoms with Crippen molar-refractivity contribution in [3.63, 3.8) is 0 Å². The summed E-state index contributed by atoms with van der Waals surface area (Å²) < 4.78 is 13.6. The lowest BCUT2D eigenvalue weighted by atomic mass is 9.73. The molecule has 0 saturated carbocycles. The molecule has 0 bridgehead atoms. The zero-order chi connectivity index (χ0) is 23.0. The number of fused-ring (bicyclic) bond motifs is 2. The van der Waals surface area contributed by atoms with Crippen LogP contribution in [0.1, 0.15) is 53.1 Å². The second kappa shape index (κ2) is 8.90. The number of benzene rings is 2. The lowest BCUT2D eigenvalue weighted by Gasteiger charge is -2.40. The number of likely N-dealkylation sites (tertiary alicyclic amines) is 1. The zero-order valence-corrected chi connectivity index (χ0v) is 19.3. The molecule has 0 N–H and O–H groups in total. The molecule has 1 aliphatic carbocycles. The Bertz CT molecular complexity index is 1040. The van der Waals surface area contributed by atoms with Gasteiger partial charge in [-0.2, -0.15) is 0 Å². The van der Waals surface area contributed by atoms with Gasteiger partial charge in [-0.3, -0.25) is 9.59 Å². The molecular weight excluding hydrogens is 417 g/mol. The summed E-state index contributed by atoms with van der Waals surface area (Å²) in [5, 5.41) is 0. The first-order valence-electron chi connectivity index (χ1n) is 12.1. The van der Waals surface area contributed by atoms with Gasteiger partial charge in [0.2, 0.25) is 5.91 Å². The Morgan fingerprint density at radius 2 is 1.67 bits per heavy atom. The standard InChI is InChI=1S/C27H32FN3O2/c1-29-13-15-30(16-14-29)25(32)18-21-19-27(24-8-3-2-7-23(21)24)9-11-31(12-10-27)26(33)20-5-4-6-22(28)17-20/h2-8,17,21H,9-16,18-19H2,1H3/t21-/m0/s1. The molecule has 0 aromatic heterocycles. The lowest BCUT2D eigenvalue weighted by Crippen LogP contribution is -2.47. The molecule has 2 fully saturated rings. The minimum absolute atomic E-state index is 0.0162. The molecule has 5 rings (SSSR count). The predicted octanol–water partition coefficient (Wildman–Crippen LogP) is 3.65. The quantitative estimate of drug-likeness (QED) is 0.719. The lowest BCUT2D eigenvalue weighted by molar-refractivity contribution is -0.133. The van der Waals surface area contributed by atoms with Crippen LogP contribution in [-0.4, -0.2) is 72.8 Å². The van der Waals surface area contributed by atoms with Crippen molar-refractivity contribution in [2.24, 2.45) is 0 Å². The summed E-state index contributed by atoms with van der Waals surface area (Å²) in [6, 6.07) is 14.5. The Kier molecular flexibility index (Phi) is 5.95. The van der Waals surface area contributed by atoms with Crippen LogP contribution in [-0.2, 0) is 10.2 Å². The molecule has 2 saturated heterocycles. The highest BCUT2D eigenvalue weighted by Crippen LogP contribution is 2.52. The third-order valence-electron chi connectivity index (χ3n) is 7.97. The van der Waals surface area contributed by atoms with Gasteiger partial charge < -0.3 is 14.7 Å². The fourth-order valence-electron chi connectivity index (χ4n) is 6.02. The van der Waals surface area contributed by atoms with Crippen LogP contribution in [0.3, 0.4) is 0 Å². The van der Waals surface area contributed by atoms with Crippen LogP contribution < -0.4 is 0 Å². The molecule has 33 heavy (non-hydrogen) atoms.